The van der Waals surface area contributed by atoms with Gasteiger partial charge in [-0.3, -0.25) is 9.59 Å². The van der Waals surface area contributed by atoms with E-state index >= 15 is 0 Å². The van der Waals surface area contributed by atoms with Gasteiger partial charge in [0.2, 0.25) is 0 Å². The lowest BCUT2D eigenvalue weighted by Crippen LogP contribution is -2.22. The van der Waals surface area contributed by atoms with Crippen molar-refractivity contribution in [1.82, 2.24) is 4.57 Å². The van der Waals surface area contributed by atoms with Crippen LogP contribution >= 0.6 is 11.3 Å². The maximum Gasteiger partial charge on any atom is 0.338 e. The van der Waals surface area contributed by atoms with E-state index in [0.717, 1.165) is 5.56 Å². The Balaban J connectivity index is 1.98. The van der Waals surface area contributed by atoms with Gasteiger partial charge in [-0.05, 0) is 48.9 Å². The number of thiazole rings is 1. The van der Waals surface area contributed by atoms with Gasteiger partial charge in [0.15, 0.2) is 16.3 Å². The van der Waals surface area contributed by atoms with E-state index in [1.54, 1.807) is 61.1 Å². The van der Waals surface area contributed by atoms with Gasteiger partial charge in [0, 0.05) is 6.08 Å². The van der Waals surface area contributed by atoms with Crippen LogP contribution in [0.5, 0.6) is 11.5 Å². The molecular formula is C24H24N2O7S. The van der Waals surface area contributed by atoms with Crippen molar-refractivity contribution < 1.29 is 33.3 Å². The van der Waals surface area contributed by atoms with Crippen molar-refractivity contribution in [3.63, 3.8) is 0 Å². The zero-order valence-corrected chi connectivity index (χ0v) is 20.0. The third-order valence-corrected chi connectivity index (χ3v) is 5.78. The predicted octanol–water partition coefficient (Wildman–Crippen LogP) is 3.21. The summed E-state index contributed by atoms with van der Waals surface area (Å²) in [5.74, 6) is -0.363. The summed E-state index contributed by atoms with van der Waals surface area (Å²) in [5.41, 5.74) is 1.73. The predicted molar refractivity (Wildman–Crippen MR) is 127 cm³/mol. The second-order valence-electron chi connectivity index (χ2n) is 6.85. The van der Waals surface area contributed by atoms with Crippen molar-refractivity contribution in [2.45, 2.75) is 13.5 Å². The van der Waals surface area contributed by atoms with Crippen LogP contribution in [0.2, 0.25) is 0 Å². The van der Waals surface area contributed by atoms with Gasteiger partial charge in [-0.2, -0.15) is 4.99 Å². The van der Waals surface area contributed by atoms with Crippen molar-refractivity contribution in [3.05, 3.63) is 58.4 Å². The molecule has 10 heteroatoms. The number of hydrogen-bond donors (Lipinski definition) is 0. The minimum Gasteiger partial charge on any atom is -0.493 e. The van der Waals surface area contributed by atoms with E-state index in [1.165, 1.54) is 31.6 Å². The Morgan fingerprint density at radius 3 is 2.47 bits per heavy atom. The van der Waals surface area contributed by atoms with Crippen LogP contribution in [0, 0.1) is 0 Å². The molecule has 3 aromatic rings. The van der Waals surface area contributed by atoms with Crippen LogP contribution in [0.3, 0.4) is 0 Å². The Labute approximate surface area is 199 Å². The topological polar surface area (TPSA) is 105 Å². The van der Waals surface area contributed by atoms with E-state index in [1.807, 2.05) is 0 Å². The molecule has 2 aromatic carbocycles. The maximum absolute atomic E-state index is 12.6. The summed E-state index contributed by atoms with van der Waals surface area (Å²) in [5, 5.41) is 0. The third kappa shape index (κ3) is 5.70. The van der Waals surface area contributed by atoms with E-state index in [4.69, 9.17) is 18.9 Å². The fourth-order valence-corrected chi connectivity index (χ4v) is 4.18. The molecule has 0 aliphatic heterocycles. The molecule has 0 fully saturated rings. The molecule has 1 heterocycles. The van der Waals surface area contributed by atoms with E-state index in [9.17, 15) is 14.4 Å². The lowest BCUT2D eigenvalue weighted by atomic mass is 10.2. The Morgan fingerprint density at radius 1 is 1.03 bits per heavy atom. The molecule has 1 amide bonds. The molecule has 34 heavy (non-hydrogen) atoms. The van der Waals surface area contributed by atoms with E-state index in [0.29, 0.717) is 32.1 Å². The molecule has 0 spiro atoms. The summed E-state index contributed by atoms with van der Waals surface area (Å²) in [4.78, 5) is 41.1. The van der Waals surface area contributed by atoms with Gasteiger partial charge in [-0.25, -0.2) is 4.79 Å². The Kier molecular flexibility index (Phi) is 8.20. The highest BCUT2D eigenvalue weighted by atomic mass is 32.1. The number of fused-ring (bicyclic) bond motifs is 1. The first kappa shape index (κ1) is 24.7. The molecule has 0 saturated carbocycles. The number of amides is 1. The van der Waals surface area contributed by atoms with Gasteiger partial charge in [-0.15, -0.1) is 0 Å². The van der Waals surface area contributed by atoms with E-state index in [-0.39, 0.29) is 13.2 Å². The van der Waals surface area contributed by atoms with Crippen LogP contribution in [-0.2, 0) is 25.6 Å². The van der Waals surface area contributed by atoms with Crippen LogP contribution in [0.4, 0.5) is 0 Å². The lowest BCUT2D eigenvalue weighted by molar-refractivity contribution is -0.141. The summed E-state index contributed by atoms with van der Waals surface area (Å²) in [6.45, 7) is 1.84. The Hall–Kier alpha value is -3.92. The van der Waals surface area contributed by atoms with Crippen molar-refractivity contribution in [2.75, 3.05) is 27.9 Å². The van der Waals surface area contributed by atoms with Crippen LogP contribution in [0.15, 0.2) is 47.5 Å². The van der Waals surface area contributed by atoms with Crippen LogP contribution in [0.1, 0.15) is 22.8 Å². The monoisotopic (exact) mass is 484 g/mol. The molecular weight excluding hydrogens is 460 g/mol. The van der Waals surface area contributed by atoms with Gasteiger partial charge in [0.1, 0.15) is 6.54 Å². The highest BCUT2D eigenvalue weighted by Crippen LogP contribution is 2.28. The smallest absolute Gasteiger partial charge is 0.338 e. The number of esters is 2. The molecule has 3 rings (SSSR count). The van der Waals surface area contributed by atoms with Crippen LogP contribution < -0.4 is 14.3 Å². The number of methoxy groups -OCH3 is 3. The van der Waals surface area contributed by atoms with Crippen LogP contribution in [-0.4, -0.2) is 50.3 Å². The number of carbonyl (C=O) groups excluding carboxylic acids is 3. The quantitative estimate of drug-likeness (QED) is 0.357. The van der Waals surface area contributed by atoms with Crippen molar-refractivity contribution in [2.24, 2.45) is 4.99 Å². The third-order valence-electron chi connectivity index (χ3n) is 4.74. The maximum atomic E-state index is 12.6. The summed E-state index contributed by atoms with van der Waals surface area (Å²) >= 11 is 1.18. The molecule has 0 bridgehead atoms. The second-order valence-corrected chi connectivity index (χ2v) is 7.86. The molecule has 0 radical (unpaired) electrons. The first-order chi connectivity index (χ1) is 16.4. The van der Waals surface area contributed by atoms with Crippen molar-refractivity contribution >= 4 is 45.5 Å². The van der Waals surface area contributed by atoms with E-state index < -0.39 is 17.8 Å². The number of ether oxygens (including phenoxy) is 4. The molecule has 0 unspecified atom stereocenters. The molecule has 0 aliphatic rings. The Morgan fingerprint density at radius 2 is 1.79 bits per heavy atom. The second kappa shape index (κ2) is 11.3. The number of nitrogens with zero attached hydrogens (tertiary/aromatic N) is 2. The molecule has 0 saturated heterocycles. The minimum absolute atomic E-state index is 0.138. The molecule has 9 nitrogen and oxygen atoms in total. The van der Waals surface area contributed by atoms with Crippen LogP contribution in [0.25, 0.3) is 16.3 Å². The van der Waals surface area contributed by atoms with Gasteiger partial charge in [0.25, 0.3) is 5.91 Å². The molecule has 0 aliphatic carbocycles. The van der Waals surface area contributed by atoms with Gasteiger partial charge in [0.05, 0.1) is 43.7 Å². The normalized spacial score (nSPS) is 11.6. The SMILES string of the molecule is CCOC(=O)c1ccc2c(c1)sc(=NC(=O)C=Cc1ccc(OC)c(OC)c1)n2CC(=O)OC. The summed E-state index contributed by atoms with van der Waals surface area (Å²) < 4.78 is 22.6. The van der Waals surface area contributed by atoms with Gasteiger partial charge in [-0.1, -0.05) is 17.4 Å². The Bertz CT molecular complexity index is 1320. The number of aromatic nitrogens is 1. The van der Waals surface area contributed by atoms with Gasteiger partial charge >= 0.3 is 11.9 Å². The number of benzene rings is 2. The molecule has 0 atom stereocenters. The number of rotatable bonds is 8. The number of carbonyl (C=O) groups is 3. The number of hydrogen-bond acceptors (Lipinski definition) is 8. The first-order valence-corrected chi connectivity index (χ1v) is 11.1. The molecule has 1 aromatic heterocycles. The standard InChI is InChI=1S/C24H24N2O7S/c1-5-33-23(29)16-8-9-17-20(13-16)34-24(26(17)14-22(28)32-4)25-21(27)11-7-15-6-10-18(30-2)19(12-15)31-3/h6-13H,5,14H2,1-4H3. The van der Waals surface area contributed by atoms with Gasteiger partial charge < -0.3 is 23.5 Å². The average molecular weight is 485 g/mol. The minimum atomic E-state index is -0.523. The average Bonchev–Trinajstić information content (AvgIpc) is 3.18. The largest absolute Gasteiger partial charge is 0.493 e. The van der Waals surface area contributed by atoms with Crippen molar-refractivity contribution in [1.29, 1.82) is 0 Å². The highest BCUT2D eigenvalue weighted by molar-refractivity contribution is 7.16. The fourth-order valence-electron chi connectivity index (χ4n) is 3.10. The fraction of sp³-hybridized carbons (Fsp3) is 0.250. The highest BCUT2D eigenvalue weighted by Gasteiger charge is 2.14. The zero-order valence-electron chi connectivity index (χ0n) is 19.2. The lowest BCUT2D eigenvalue weighted by Gasteiger charge is -2.07. The van der Waals surface area contributed by atoms with E-state index in [2.05, 4.69) is 4.99 Å². The summed E-state index contributed by atoms with van der Waals surface area (Å²) in [7, 11) is 4.35. The molecule has 0 N–H and O–H groups in total. The summed E-state index contributed by atoms with van der Waals surface area (Å²) in [6, 6.07) is 10.2. The molecule has 178 valence electrons. The van der Waals surface area contributed by atoms with Crippen molar-refractivity contribution in [3.8, 4) is 11.5 Å². The summed E-state index contributed by atoms with van der Waals surface area (Å²) in [6.07, 6.45) is 2.92. The first-order valence-electron chi connectivity index (χ1n) is 10.3. The zero-order chi connectivity index (χ0) is 24.7.